The molecule has 0 spiro atoms. The van der Waals surface area contributed by atoms with Gasteiger partial charge >= 0.3 is 6.09 Å². The van der Waals surface area contributed by atoms with Crippen LogP contribution >= 0.6 is 11.6 Å². The van der Waals surface area contributed by atoms with Crippen LogP contribution < -0.4 is 21.3 Å². The summed E-state index contributed by atoms with van der Waals surface area (Å²) in [6.07, 6.45) is -0.918. The molecule has 3 rings (SSSR count). The van der Waals surface area contributed by atoms with E-state index in [2.05, 4.69) is 21.3 Å². The third-order valence-electron chi connectivity index (χ3n) is 8.25. The molecular weight excluding hydrogens is 622 g/mol. The van der Waals surface area contributed by atoms with E-state index < -0.39 is 53.2 Å². The third kappa shape index (κ3) is 11.1. The average molecular weight is 670 g/mol. The minimum atomic E-state index is -1.26. The topological polar surface area (TPSA) is 146 Å². The second-order valence-electron chi connectivity index (χ2n) is 13.3. The van der Waals surface area contributed by atoms with Crippen LogP contribution in [0.1, 0.15) is 64.2 Å². The van der Waals surface area contributed by atoms with Crippen LogP contribution in [0.25, 0.3) is 0 Å². The molecule has 2 aromatic rings. The van der Waals surface area contributed by atoms with Crippen molar-refractivity contribution in [3.63, 3.8) is 0 Å². The number of nitrogens with zero attached hydrogens (tertiary/aromatic N) is 1. The molecule has 47 heavy (non-hydrogen) atoms. The maximum atomic E-state index is 13.7. The average Bonchev–Trinajstić information content (AvgIpc) is 3.42. The Balaban J connectivity index is 1.82. The predicted molar refractivity (Wildman–Crippen MR) is 181 cm³/mol. The number of halogens is 1. The number of hydrogen-bond donors (Lipinski definition) is 4. The second-order valence-corrected chi connectivity index (χ2v) is 13.7. The monoisotopic (exact) mass is 669 g/mol. The molecule has 0 saturated carbocycles. The smallest absolute Gasteiger partial charge is 0.408 e. The Morgan fingerprint density at radius 2 is 1.72 bits per heavy atom. The van der Waals surface area contributed by atoms with Gasteiger partial charge in [0.05, 0.1) is 6.04 Å². The van der Waals surface area contributed by atoms with Crippen LogP contribution in [0.5, 0.6) is 0 Å². The molecule has 4 amide bonds. The van der Waals surface area contributed by atoms with Crippen LogP contribution in [0.15, 0.2) is 54.6 Å². The SMILES string of the molecule is CC(C)C[C@H](NC(=O)OC(c1ccccc1)C(C)(C)c1cccc(Cl)c1)C(=O)N[C@@H](C[C@@H]1CCNC1=O)C(=O)C(=O)NCCN(C)C. The van der Waals surface area contributed by atoms with E-state index in [1.165, 1.54) is 0 Å². The van der Waals surface area contributed by atoms with Crippen molar-refractivity contribution in [1.82, 2.24) is 26.2 Å². The number of ketones is 1. The first-order valence-electron chi connectivity index (χ1n) is 16.0. The van der Waals surface area contributed by atoms with Crippen molar-refractivity contribution in [2.24, 2.45) is 11.8 Å². The summed E-state index contributed by atoms with van der Waals surface area (Å²) in [4.78, 5) is 67.6. The lowest BCUT2D eigenvalue weighted by atomic mass is 9.76. The van der Waals surface area contributed by atoms with E-state index in [-0.39, 0.29) is 31.2 Å². The second kappa shape index (κ2) is 17.3. The Kier molecular flexibility index (Phi) is 13.8. The minimum absolute atomic E-state index is 0.0250. The Hall–Kier alpha value is -3.96. The Bertz CT molecular complexity index is 1400. The van der Waals surface area contributed by atoms with E-state index in [0.29, 0.717) is 24.5 Å². The van der Waals surface area contributed by atoms with Gasteiger partial charge in [-0.25, -0.2) is 4.79 Å². The highest BCUT2D eigenvalue weighted by Gasteiger charge is 2.38. The highest BCUT2D eigenvalue weighted by Crippen LogP contribution is 2.40. The van der Waals surface area contributed by atoms with Crippen LogP contribution in [0.2, 0.25) is 5.02 Å². The van der Waals surface area contributed by atoms with Gasteiger partial charge in [-0.05, 0) is 62.5 Å². The molecule has 256 valence electrons. The number of Topliss-reactive ketones (excluding diaryl/α,β-unsaturated/α-hetero) is 1. The predicted octanol–water partition coefficient (Wildman–Crippen LogP) is 3.76. The standard InChI is InChI=1S/C35H48ClN5O6/c1-22(2)19-28(32(44)39-27(20-24-15-16-37-31(24)43)29(42)33(45)38-17-18-41(5)6)40-34(46)47-30(23-11-8-7-9-12-23)35(3,4)25-13-10-14-26(36)21-25/h7-14,21-22,24,27-28,30H,15-20H2,1-6H3,(H,37,43)(H,38,45)(H,39,44)(H,40,46)/t24-,27-,28-,30?/m0/s1. The van der Waals surface area contributed by atoms with Gasteiger partial charge in [-0.1, -0.05) is 81.8 Å². The third-order valence-corrected chi connectivity index (χ3v) is 8.49. The summed E-state index contributed by atoms with van der Waals surface area (Å²) in [5, 5.41) is 11.2. The van der Waals surface area contributed by atoms with Crippen LogP contribution in [0.4, 0.5) is 4.79 Å². The maximum Gasteiger partial charge on any atom is 0.408 e. The molecule has 1 heterocycles. The molecule has 1 unspecified atom stereocenters. The normalized spacial score (nSPS) is 16.6. The minimum Gasteiger partial charge on any atom is -0.440 e. The first-order valence-corrected chi connectivity index (χ1v) is 16.4. The van der Waals surface area contributed by atoms with Crippen molar-refractivity contribution in [2.75, 3.05) is 33.7 Å². The molecule has 0 aromatic heterocycles. The zero-order valence-electron chi connectivity index (χ0n) is 28.1. The Labute approximate surface area is 282 Å². The first kappa shape index (κ1) is 37.5. The number of rotatable bonds is 16. The van der Waals surface area contributed by atoms with Gasteiger partial charge in [0.1, 0.15) is 12.1 Å². The van der Waals surface area contributed by atoms with Gasteiger partial charge in [-0.15, -0.1) is 0 Å². The summed E-state index contributed by atoms with van der Waals surface area (Å²) in [5.41, 5.74) is 0.876. The van der Waals surface area contributed by atoms with Crippen molar-refractivity contribution in [3.8, 4) is 0 Å². The number of amides is 4. The molecule has 1 aliphatic rings. The summed E-state index contributed by atoms with van der Waals surface area (Å²) in [6.45, 7) is 8.88. The fourth-order valence-electron chi connectivity index (χ4n) is 5.58. The molecule has 2 aromatic carbocycles. The molecule has 4 atom stereocenters. The first-order chi connectivity index (χ1) is 22.2. The summed E-state index contributed by atoms with van der Waals surface area (Å²) >= 11 is 6.30. The van der Waals surface area contributed by atoms with E-state index >= 15 is 0 Å². The maximum absolute atomic E-state index is 13.7. The van der Waals surface area contributed by atoms with Crippen LogP contribution in [-0.2, 0) is 29.3 Å². The summed E-state index contributed by atoms with van der Waals surface area (Å²) in [7, 11) is 3.67. The molecule has 11 nitrogen and oxygen atoms in total. The van der Waals surface area contributed by atoms with E-state index in [9.17, 15) is 24.0 Å². The number of nitrogens with one attached hydrogen (secondary N) is 4. The highest BCUT2D eigenvalue weighted by molar-refractivity contribution is 6.38. The van der Waals surface area contributed by atoms with Crippen molar-refractivity contribution >= 4 is 41.2 Å². The van der Waals surface area contributed by atoms with Gasteiger partial charge in [0.25, 0.3) is 5.91 Å². The molecule has 1 fully saturated rings. The van der Waals surface area contributed by atoms with Gasteiger partial charge in [0.2, 0.25) is 17.6 Å². The summed E-state index contributed by atoms with van der Waals surface area (Å²) in [6, 6.07) is 14.3. The molecule has 0 bridgehead atoms. The molecular formula is C35H48ClN5O6. The molecule has 4 N–H and O–H groups in total. The number of carbonyl (C=O) groups excluding carboxylic acids is 5. The van der Waals surface area contributed by atoms with Crippen molar-refractivity contribution in [3.05, 3.63) is 70.7 Å². The highest BCUT2D eigenvalue weighted by atomic mass is 35.5. The van der Waals surface area contributed by atoms with E-state index in [4.69, 9.17) is 16.3 Å². The van der Waals surface area contributed by atoms with Gasteiger partial charge in [-0.3, -0.25) is 19.2 Å². The molecule has 1 aliphatic heterocycles. The van der Waals surface area contributed by atoms with Crippen LogP contribution in [0, 0.1) is 11.8 Å². The van der Waals surface area contributed by atoms with Crippen LogP contribution in [-0.4, -0.2) is 80.3 Å². The molecule has 0 aliphatic carbocycles. The summed E-state index contributed by atoms with van der Waals surface area (Å²) < 4.78 is 6.07. The quantitative estimate of drug-likeness (QED) is 0.199. The van der Waals surface area contributed by atoms with Crippen LogP contribution in [0.3, 0.4) is 0 Å². The number of alkyl carbamates (subject to hydrolysis) is 1. The van der Waals surface area contributed by atoms with Crippen molar-refractivity contribution in [2.45, 2.75) is 70.6 Å². The van der Waals surface area contributed by atoms with Gasteiger partial charge in [0.15, 0.2) is 0 Å². The zero-order valence-corrected chi connectivity index (χ0v) is 28.9. The fourth-order valence-corrected chi connectivity index (χ4v) is 5.77. The Morgan fingerprint density at radius 3 is 2.32 bits per heavy atom. The lowest BCUT2D eigenvalue weighted by molar-refractivity contribution is -0.141. The molecule has 1 saturated heterocycles. The summed E-state index contributed by atoms with van der Waals surface area (Å²) in [5.74, 6) is -3.16. The van der Waals surface area contributed by atoms with Crippen molar-refractivity contribution in [1.29, 1.82) is 0 Å². The largest absolute Gasteiger partial charge is 0.440 e. The number of hydrogen-bond acceptors (Lipinski definition) is 7. The lowest BCUT2D eigenvalue weighted by Crippen LogP contribution is -2.55. The number of benzene rings is 2. The number of likely N-dealkylation sites (N-methyl/N-ethyl adjacent to an activating group) is 1. The lowest BCUT2D eigenvalue weighted by Gasteiger charge is -2.35. The van der Waals surface area contributed by atoms with Gasteiger partial charge in [0, 0.05) is 36.0 Å². The van der Waals surface area contributed by atoms with E-state index in [1.54, 1.807) is 6.07 Å². The van der Waals surface area contributed by atoms with Crippen molar-refractivity contribution < 1.29 is 28.7 Å². The van der Waals surface area contributed by atoms with E-state index in [0.717, 1.165) is 11.1 Å². The Morgan fingerprint density at radius 1 is 1.02 bits per heavy atom. The van der Waals surface area contributed by atoms with Gasteiger partial charge < -0.3 is 30.9 Å². The number of carbonyl (C=O) groups is 5. The van der Waals surface area contributed by atoms with E-state index in [1.807, 2.05) is 95.2 Å². The molecule has 0 radical (unpaired) electrons. The molecule has 12 heteroatoms. The number of ether oxygens (including phenoxy) is 1. The van der Waals surface area contributed by atoms with Gasteiger partial charge in [-0.2, -0.15) is 0 Å². The zero-order chi connectivity index (χ0) is 34.7. The fraction of sp³-hybridized carbons (Fsp3) is 0.514.